The number of fused-ring (bicyclic) bond motifs is 1. The largest absolute Gasteiger partial charge is 0.348 e. The zero-order valence-corrected chi connectivity index (χ0v) is 13.5. The van der Waals surface area contributed by atoms with Crippen LogP contribution in [0.1, 0.15) is 41.0 Å². The van der Waals surface area contributed by atoms with Crippen molar-refractivity contribution in [3.05, 3.63) is 12.7 Å². The van der Waals surface area contributed by atoms with Crippen LogP contribution in [0.2, 0.25) is 0 Å². The first kappa shape index (κ1) is 15.4. The van der Waals surface area contributed by atoms with Gasteiger partial charge in [-0.2, -0.15) is 0 Å². The van der Waals surface area contributed by atoms with E-state index in [2.05, 4.69) is 13.5 Å². The lowest BCUT2D eigenvalue weighted by atomic mass is 9.75. The average Bonchev–Trinajstić information content (AvgIpc) is 2.92. The van der Waals surface area contributed by atoms with Crippen LogP contribution in [0.25, 0.3) is 0 Å². The van der Waals surface area contributed by atoms with E-state index in [0.717, 1.165) is 6.42 Å². The van der Waals surface area contributed by atoms with Gasteiger partial charge in [0.1, 0.15) is 12.2 Å². The molecule has 3 aliphatic rings. The summed E-state index contributed by atoms with van der Waals surface area (Å²) >= 11 is 0. The normalized spacial score (nSPS) is 47.5. The van der Waals surface area contributed by atoms with E-state index in [0.29, 0.717) is 6.61 Å². The summed E-state index contributed by atoms with van der Waals surface area (Å²) in [5.41, 5.74) is -0.241. The maximum atomic E-state index is 6.17. The second-order valence-corrected chi connectivity index (χ2v) is 7.35. The van der Waals surface area contributed by atoms with Gasteiger partial charge in [0.2, 0.25) is 0 Å². The molecule has 5 heteroatoms. The molecular weight excluding hydrogens is 272 g/mol. The van der Waals surface area contributed by atoms with Crippen molar-refractivity contribution in [1.29, 1.82) is 0 Å². The van der Waals surface area contributed by atoms with Crippen LogP contribution in [0.3, 0.4) is 0 Å². The Kier molecular flexibility index (Phi) is 3.50. The van der Waals surface area contributed by atoms with E-state index in [1.807, 2.05) is 33.8 Å². The Bertz CT molecular complexity index is 432. The molecule has 3 aliphatic heterocycles. The summed E-state index contributed by atoms with van der Waals surface area (Å²) in [6, 6.07) is 0. The summed E-state index contributed by atoms with van der Waals surface area (Å²) in [6.07, 6.45) is 1.95. The monoisotopic (exact) mass is 298 g/mol. The molecule has 0 saturated carbocycles. The lowest BCUT2D eigenvalue weighted by Gasteiger charge is -2.36. The molecule has 3 heterocycles. The first-order valence-electron chi connectivity index (χ1n) is 7.61. The van der Waals surface area contributed by atoms with Crippen LogP contribution in [0.4, 0.5) is 0 Å². The van der Waals surface area contributed by atoms with Gasteiger partial charge in [-0.1, -0.05) is 13.0 Å². The fraction of sp³-hybridized carbons (Fsp3) is 0.875. The van der Waals surface area contributed by atoms with Crippen molar-refractivity contribution in [3.8, 4) is 0 Å². The van der Waals surface area contributed by atoms with Gasteiger partial charge in [0.05, 0.1) is 12.7 Å². The molecule has 5 atom stereocenters. The van der Waals surface area contributed by atoms with Crippen LogP contribution in [0, 0.1) is 5.41 Å². The van der Waals surface area contributed by atoms with Gasteiger partial charge in [-0.15, -0.1) is 6.58 Å². The van der Waals surface area contributed by atoms with Gasteiger partial charge in [-0.3, -0.25) is 0 Å². The van der Waals surface area contributed by atoms with Gasteiger partial charge >= 0.3 is 0 Å². The van der Waals surface area contributed by atoms with Gasteiger partial charge in [0.25, 0.3) is 0 Å². The SMILES string of the molecule is C=CC[C@]1(C)[C@H](C2COC(C)(C)O2)O[C@@H]2OC(C)(C)O[C@@H]21. The number of hydrogen-bond donors (Lipinski definition) is 0. The number of allylic oxidation sites excluding steroid dienone is 1. The molecule has 0 spiro atoms. The highest BCUT2D eigenvalue weighted by atomic mass is 16.8. The predicted molar refractivity (Wildman–Crippen MR) is 76.5 cm³/mol. The molecule has 3 rings (SSSR count). The van der Waals surface area contributed by atoms with Crippen molar-refractivity contribution in [1.82, 2.24) is 0 Å². The second kappa shape index (κ2) is 4.77. The summed E-state index contributed by atoms with van der Waals surface area (Å²) < 4.78 is 29.8. The van der Waals surface area contributed by atoms with E-state index in [1.54, 1.807) is 0 Å². The van der Waals surface area contributed by atoms with Crippen molar-refractivity contribution in [2.24, 2.45) is 5.41 Å². The first-order valence-corrected chi connectivity index (χ1v) is 7.61. The molecule has 21 heavy (non-hydrogen) atoms. The topological polar surface area (TPSA) is 46.2 Å². The average molecular weight is 298 g/mol. The summed E-state index contributed by atoms with van der Waals surface area (Å²) in [5, 5.41) is 0. The van der Waals surface area contributed by atoms with E-state index < -0.39 is 11.6 Å². The minimum absolute atomic E-state index is 0.120. The van der Waals surface area contributed by atoms with Gasteiger partial charge < -0.3 is 23.7 Å². The number of hydrogen-bond acceptors (Lipinski definition) is 5. The lowest BCUT2D eigenvalue weighted by molar-refractivity contribution is -0.235. The smallest absolute Gasteiger partial charge is 0.188 e. The highest BCUT2D eigenvalue weighted by Crippen LogP contribution is 2.52. The van der Waals surface area contributed by atoms with E-state index in [4.69, 9.17) is 23.7 Å². The fourth-order valence-electron chi connectivity index (χ4n) is 3.66. The molecule has 0 bridgehead atoms. The van der Waals surface area contributed by atoms with E-state index >= 15 is 0 Å². The quantitative estimate of drug-likeness (QED) is 0.749. The van der Waals surface area contributed by atoms with Gasteiger partial charge in [0.15, 0.2) is 17.9 Å². The summed E-state index contributed by atoms with van der Waals surface area (Å²) in [5.74, 6) is -1.18. The summed E-state index contributed by atoms with van der Waals surface area (Å²) in [6.45, 7) is 14.2. The van der Waals surface area contributed by atoms with Crippen LogP contribution >= 0.6 is 0 Å². The molecule has 0 aromatic rings. The van der Waals surface area contributed by atoms with Crippen molar-refractivity contribution in [3.63, 3.8) is 0 Å². The zero-order valence-electron chi connectivity index (χ0n) is 13.5. The molecule has 1 unspecified atom stereocenters. The molecule has 3 saturated heterocycles. The Morgan fingerprint density at radius 2 is 1.71 bits per heavy atom. The Labute approximate surface area is 126 Å². The Balaban J connectivity index is 1.84. The third-order valence-corrected chi connectivity index (χ3v) is 4.59. The molecule has 0 radical (unpaired) electrons. The van der Waals surface area contributed by atoms with E-state index in [-0.39, 0.29) is 30.0 Å². The number of ether oxygens (including phenoxy) is 5. The maximum absolute atomic E-state index is 6.17. The van der Waals surface area contributed by atoms with Crippen LogP contribution in [0.15, 0.2) is 12.7 Å². The third-order valence-electron chi connectivity index (χ3n) is 4.59. The van der Waals surface area contributed by atoms with E-state index in [1.165, 1.54) is 0 Å². The molecule has 0 amide bonds. The van der Waals surface area contributed by atoms with E-state index in [9.17, 15) is 0 Å². The van der Waals surface area contributed by atoms with Crippen molar-refractivity contribution >= 4 is 0 Å². The molecule has 0 aromatic carbocycles. The third kappa shape index (κ3) is 2.55. The molecule has 0 N–H and O–H groups in total. The van der Waals surface area contributed by atoms with Crippen LogP contribution in [0.5, 0.6) is 0 Å². The Morgan fingerprint density at radius 1 is 1.00 bits per heavy atom. The molecule has 5 nitrogen and oxygen atoms in total. The molecular formula is C16H26O5. The first-order chi connectivity index (χ1) is 9.67. The number of rotatable bonds is 3. The summed E-state index contributed by atoms with van der Waals surface area (Å²) in [7, 11) is 0. The van der Waals surface area contributed by atoms with Crippen LogP contribution in [-0.2, 0) is 23.7 Å². The molecule has 120 valence electrons. The Hall–Kier alpha value is -0.460. The van der Waals surface area contributed by atoms with Gasteiger partial charge in [-0.25, -0.2) is 0 Å². The summed E-state index contributed by atoms with van der Waals surface area (Å²) in [4.78, 5) is 0. The van der Waals surface area contributed by atoms with Gasteiger partial charge in [-0.05, 0) is 34.1 Å². The highest BCUT2D eigenvalue weighted by Gasteiger charge is 2.63. The molecule has 3 fully saturated rings. The second-order valence-electron chi connectivity index (χ2n) is 7.35. The zero-order chi connectivity index (χ0) is 15.5. The molecule has 0 aromatic heterocycles. The maximum Gasteiger partial charge on any atom is 0.188 e. The standard InChI is InChI=1S/C16H26O5/c1-7-8-16(6)11(10-9-17-14(2,3)19-10)18-13-12(16)20-15(4,5)21-13/h7,10-13H,1,8-9H2,2-6H3/t10?,11-,12-,13+,16+/m0/s1. The van der Waals surface area contributed by atoms with Crippen molar-refractivity contribution in [2.75, 3.05) is 6.61 Å². The van der Waals surface area contributed by atoms with Crippen LogP contribution < -0.4 is 0 Å². The van der Waals surface area contributed by atoms with Crippen molar-refractivity contribution < 1.29 is 23.7 Å². The fourth-order valence-corrected chi connectivity index (χ4v) is 3.66. The van der Waals surface area contributed by atoms with Crippen molar-refractivity contribution in [2.45, 2.75) is 77.2 Å². The molecule has 0 aliphatic carbocycles. The predicted octanol–water partition coefficient (Wildman–Crippen LogP) is 2.60. The minimum Gasteiger partial charge on any atom is -0.348 e. The Morgan fingerprint density at radius 3 is 2.29 bits per heavy atom. The highest BCUT2D eigenvalue weighted by molar-refractivity contribution is 5.07. The van der Waals surface area contributed by atoms with Crippen LogP contribution in [-0.4, -0.2) is 42.8 Å². The minimum atomic E-state index is -0.616. The van der Waals surface area contributed by atoms with Gasteiger partial charge in [0, 0.05) is 5.41 Å². The lowest BCUT2D eigenvalue weighted by Crippen LogP contribution is -2.46.